The molecule has 0 bridgehead atoms. The van der Waals surface area contributed by atoms with Gasteiger partial charge in [0.05, 0.1) is 16.2 Å². The molecule has 29 heavy (non-hydrogen) atoms. The molecule has 0 aliphatic carbocycles. The Balaban J connectivity index is 1.83. The van der Waals surface area contributed by atoms with Crippen molar-refractivity contribution in [2.45, 2.75) is 13.8 Å². The Labute approximate surface area is 167 Å². The van der Waals surface area contributed by atoms with E-state index in [-0.39, 0.29) is 22.7 Å². The largest absolute Gasteiger partial charge is 0.322 e. The van der Waals surface area contributed by atoms with Crippen molar-refractivity contribution in [2.24, 2.45) is 0 Å². The summed E-state index contributed by atoms with van der Waals surface area (Å²) in [5.41, 5.74) is 3.24. The van der Waals surface area contributed by atoms with Gasteiger partial charge in [-0.2, -0.15) is 0 Å². The van der Waals surface area contributed by atoms with Crippen LogP contribution in [0.15, 0.2) is 66.7 Å². The molecule has 0 spiro atoms. The third kappa shape index (κ3) is 4.65. The molecule has 0 fully saturated rings. The smallest absolute Gasteiger partial charge is 0.270 e. The number of hydrogen-bond donors (Lipinski definition) is 2. The molecule has 0 saturated heterocycles. The Hall–Kier alpha value is -4.00. The Morgan fingerprint density at radius 3 is 2.28 bits per heavy atom. The van der Waals surface area contributed by atoms with Gasteiger partial charge in [-0.3, -0.25) is 19.7 Å². The monoisotopic (exact) mass is 389 g/mol. The topological polar surface area (TPSA) is 101 Å². The summed E-state index contributed by atoms with van der Waals surface area (Å²) >= 11 is 0. The summed E-state index contributed by atoms with van der Waals surface area (Å²) in [4.78, 5) is 35.7. The summed E-state index contributed by atoms with van der Waals surface area (Å²) in [5.74, 6) is -0.910. The standard InChI is InChI=1S/C22H19N3O4/c1-14-10-11-19(15(2)12-14)23-22(27)18-8-3-4-9-20(18)24-21(26)16-6-5-7-17(13-16)25(28)29/h3-13H,1-2H3,(H,23,27)(H,24,26). The number of carbonyl (C=O) groups excluding carboxylic acids is 2. The highest BCUT2D eigenvalue weighted by molar-refractivity contribution is 6.12. The molecule has 3 aromatic rings. The molecule has 0 aromatic heterocycles. The van der Waals surface area contributed by atoms with Crippen molar-refractivity contribution in [2.75, 3.05) is 10.6 Å². The second kappa shape index (κ2) is 8.35. The summed E-state index contributed by atoms with van der Waals surface area (Å²) in [6.07, 6.45) is 0. The summed E-state index contributed by atoms with van der Waals surface area (Å²) in [6.45, 7) is 3.87. The number of hydrogen-bond acceptors (Lipinski definition) is 4. The van der Waals surface area contributed by atoms with Gasteiger partial charge >= 0.3 is 0 Å². The number of aryl methyl sites for hydroxylation is 2. The fourth-order valence-electron chi connectivity index (χ4n) is 2.89. The fraction of sp³-hybridized carbons (Fsp3) is 0.0909. The van der Waals surface area contributed by atoms with Crippen molar-refractivity contribution in [3.63, 3.8) is 0 Å². The van der Waals surface area contributed by atoms with Crippen molar-refractivity contribution >= 4 is 28.9 Å². The lowest BCUT2D eigenvalue weighted by molar-refractivity contribution is -0.384. The third-order valence-electron chi connectivity index (χ3n) is 4.37. The van der Waals surface area contributed by atoms with Gasteiger partial charge in [0.2, 0.25) is 0 Å². The first-order valence-corrected chi connectivity index (χ1v) is 8.88. The number of nitrogens with one attached hydrogen (secondary N) is 2. The Morgan fingerprint density at radius 1 is 0.828 bits per heavy atom. The van der Waals surface area contributed by atoms with Gasteiger partial charge < -0.3 is 10.6 Å². The highest BCUT2D eigenvalue weighted by Crippen LogP contribution is 2.22. The predicted octanol–water partition coefficient (Wildman–Crippen LogP) is 4.72. The molecule has 0 heterocycles. The fourth-order valence-corrected chi connectivity index (χ4v) is 2.89. The maximum Gasteiger partial charge on any atom is 0.270 e. The minimum absolute atomic E-state index is 0.129. The maximum atomic E-state index is 12.8. The van der Waals surface area contributed by atoms with Crippen LogP contribution in [0.1, 0.15) is 31.8 Å². The number of carbonyl (C=O) groups is 2. The van der Waals surface area contributed by atoms with Crippen LogP contribution in [-0.4, -0.2) is 16.7 Å². The highest BCUT2D eigenvalue weighted by atomic mass is 16.6. The van der Waals surface area contributed by atoms with Crippen molar-refractivity contribution in [3.8, 4) is 0 Å². The van der Waals surface area contributed by atoms with Gasteiger partial charge in [0, 0.05) is 23.4 Å². The molecular formula is C22H19N3O4. The second-order valence-corrected chi connectivity index (χ2v) is 6.58. The lowest BCUT2D eigenvalue weighted by Gasteiger charge is -2.13. The van der Waals surface area contributed by atoms with Crippen LogP contribution >= 0.6 is 0 Å². The zero-order valence-corrected chi connectivity index (χ0v) is 15.9. The van der Waals surface area contributed by atoms with E-state index in [0.717, 1.165) is 11.1 Å². The van der Waals surface area contributed by atoms with E-state index >= 15 is 0 Å². The second-order valence-electron chi connectivity index (χ2n) is 6.58. The van der Waals surface area contributed by atoms with E-state index in [1.165, 1.54) is 24.3 Å². The third-order valence-corrected chi connectivity index (χ3v) is 4.37. The molecule has 0 aliphatic heterocycles. The number of para-hydroxylation sites is 1. The molecule has 7 heteroatoms. The lowest BCUT2D eigenvalue weighted by Crippen LogP contribution is -2.18. The van der Waals surface area contributed by atoms with Gasteiger partial charge in [-0.25, -0.2) is 0 Å². The Morgan fingerprint density at radius 2 is 1.55 bits per heavy atom. The molecule has 7 nitrogen and oxygen atoms in total. The molecule has 0 unspecified atom stereocenters. The maximum absolute atomic E-state index is 12.8. The number of amides is 2. The molecular weight excluding hydrogens is 370 g/mol. The lowest BCUT2D eigenvalue weighted by atomic mass is 10.1. The molecule has 0 radical (unpaired) electrons. The van der Waals surface area contributed by atoms with Gasteiger partial charge in [0.15, 0.2) is 0 Å². The van der Waals surface area contributed by atoms with Crippen LogP contribution in [-0.2, 0) is 0 Å². The van der Waals surface area contributed by atoms with Crippen LogP contribution in [0, 0.1) is 24.0 Å². The van der Waals surface area contributed by atoms with Gasteiger partial charge in [0.1, 0.15) is 0 Å². The molecule has 3 rings (SSSR count). The first-order chi connectivity index (χ1) is 13.8. The molecule has 0 atom stereocenters. The normalized spacial score (nSPS) is 10.3. The number of rotatable bonds is 5. The zero-order valence-electron chi connectivity index (χ0n) is 15.9. The average molecular weight is 389 g/mol. The van der Waals surface area contributed by atoms with E-state index in [1.807, 2.05) is 32.0 Å². The molecule has 0 aliphatic rings. The minimum Gasteiger partial charge on any atom is -0.322 e. The van der Waals surface area contributed by atoms with E-state index in [4.69, 9.17) is 0 Å². The molecule has 146 valence electrons. The van der Waals surface area contributed by atoms with E-state index in [9.17, 15) is 19.7 Å². The summed E-state index contributed by atoms with van der Waals surface area (Å²) in [6, 6.07) is 17.7. The van der Waals surface area contributed by atoms with Crippen molar-refractivity contribution in [1.29, 1.82) is 0 Å². The number of anilines is 2. The van der Waals surface area contributed by atoms with Crippen LogP contribution in [0.4, 0.5) is 17.1 Å². The van der Waals surface area contributed by atoms with E-state index < -0.39 is 10.8 Å². The van der Waals surface area contributed by atoms with E-state index in [2.05, 4.69) is 10.6 Å². The van der Waals surface area contributed by atoms with Gasteiger partial charge in [-0.15, -0.1) is 0 Å². The number of nitro groups is 1. The molecule has 2 N–H and O–H groups in total. The van der Waals surface area contributed by atoms with E-state index in [1.54, 1.807) is 24.3 Å². The predicted molar refractivity (Wildman–Crippen MR) is 111 cm³/mol. The van der Waals surface area contributed by atoms with Crippen LogP contribution in [0.25, 0.3) is 0 Å². The average Bonchev–Trinajstić information content (AvgIpc) is 2.70. The Bertz CT molecular complexity index is 1110. The minimum atomic E-state index is -0.567. The summed E-state index contributed by atoms with van der Waals surface area (Å²) in [7, 11) is 0. The molecule has 3 aromatic carbocycles. The number of nitrogens with zero attached hydrogens (tertiary/aromatic N) is 1. The number of benzene rings is 3. The SMILES string of the molecule is Cc1ccc(NC(=O)c2ccccc2NC(=O)c2cccc([N+](=O)[O-])c2)c(C)c1. The first kappa shape index (κ1) is 19.8. The first-order valence-electron chi connectivity index (χ1n) is 8.88. The van der Waals surface area contributed by atoms with Crippen molar-refractivity contribution < 1.29 is 14.5 Å². The Kier molecular flexibility index (Phi) is 5.69. The quantitative estimate of drug-likeness (QED) is 0.487. The van der Waals surface area contributed by atoms with Gasteiger partial charge in [0.25, 0.3) is 17.5 Å². The van der Waals surface area contributed by atoms with Crippen LogP contribution < -0.4 is 10.6 Å². The zero-order chi connectivity index (χ0) is 21.0. The van der Waals surface area contributed by atoms with Crippen molar-refractivity contribution in [1.82, 2.24) is 0 Å². The van der Waals surface area contributed by atoms with Crippen LogP contribution in [0.3, 0.4) is 0 Å². The molecule has 0 saturated carbocycles. The highest BCUT2D eigenvalue weighted by Gasteiger charge is 2.16. The van der Waals surface area contributed by atoms with Crippen molar-refractivity contribution in [3.05, 3.63) is 99.1 Å². The van der Waals surface area contributed by atoms with Crippen LogP contribution in [0.5, 0.6) is 0 Å². The summed E-state index contributed by atoms with van der Waals surface area (Å²) < 4.78 is 0. The van der Waals surface area contributed by atoms with Gasteiger partial charge in [-0.05, 0) is 43.7 Å². The van der Waals surface area contributed by atoms with Crippen LogP contribution in [0.2, 0.25) is 0 Å². The van der Waals surface area contributed by atoms with E-state index in [0.29, 0.717) is 11.4 Å². The molecule has 2 amide bonds. The van der Waals surface area contributed by atoms with Gasteiger partial charge in [-0.1, -0.05) is 35.9 Å². The number of nitro benzene ring substituents is 1. The number of non-ortho nitro benzene ring substituents is 1. The summed E-state index contributed by atoms with van der Waals surface area (Å²) in [5, 5.41) is 16.4.